The second kappa shape index (κ2) is 6.53. The molecule has 0 heterocycles. The Morgan fingerprint density at radius 3 is 2.47 bits per heavy atom. The van der Waals surface area contributed by atoms with Gasteiger partial charge in [-0.25, -0.2) is 0 Å². The highest BCUT2D eigenvalue weighted by atomic mass is 15.1. The van der Waals surface area contributed by atoms with E-state index in [9.17, 15) is 0 Å². The van der Waals surface area contributed by atoms with Gasteiger partial charge in [-0.05, 0) is 49.9 Å². The summed E-state index contributed by atoms with van der Waals surface area (Å²) < 4.78 is 0. The first-order chi connectivity index (χ1) is 9.09. The number of likely N-dealkylation sites (N-methyl/N-ethyl adjacent to an activating group) is 1. The van der Waals surface area contributed by atoms with E-state index in [2.05, 4.69) is 62.4 Å². The third kappa shape index (κ3) is 4.05. The molecule has 0 bridgehead atoms. The largest absolute Gasteiger partial charge is 0.311 e. The molecule has 1 saturated carbocycles. The van der Waals surface area contributed by atoms with Gasteiger partial charge >= 0.3 is 0 Å². The van der Waals surface area contributed by atoms with Crippen LogP contribution in [0.2, 0.25) is 0 Å². The number of nitrogens with one attached hydrogen (secondary N) is 1. The van der Waals surface area contributed by atoms with Gasteiger partial charge in [-0.3, -0.25) is 0 Å². The summed E-state index contributed by atoms with van der Waals surface area (Å²) in [5.41, 5.74) is 3.06. The average molecular weight is 260 g/mol. The summed E-state index contributed by atoms with van der Waals surface area (Å²) in [6.45, 7) is 6.66. The molecule has 0 saturated heterocycles. The van der Waals surface area contributed by atoms with Crippen LogP contribution in [0.25, 0.3) is 0 Å². The lowest BCUT2D eigenvalue weighted by Gasteiger charge is -2.28. The van der Waals surface area contributed by atoms with Crippen LogP contribution in [0.5, 0.6) is 0 Å². The Kier molecular flexibility index (Phi) is 5.00. The maximum absolute atomic E-state index is 3.65. The normalized spacial score (nSPS) is 17.2. The van der Waals surface area contributed by atoms with Gasteiger partial charge in [0.25, 0.3) is 0 Å². The molecule has 0 amide bonds. The quantitative estimate of drug-likeness (QED) is 0.809. The lowest BCUT2D eigenvalue weighted by Crippen LogP contribution is -2.41. The van der Waals surface area contributed by atoms with Crippen molar-refractivity contribution < 1.29 is 0 Å². The van der Waals surface area contributed by atoms with E-state index in [0.29, 0.717) is 12.0 Å². The van der Waals surface area contributed by atoms with Crippen LogP contribution < -0.4 is 5.32 Å². The minimum atomic E-state index is 0.605. The van der Waals surface area contributed by atoms with E-state index in [1.54, 1.807) is 5.56 Å². The zero-order chi connectivity index (χ0) is 13.8. The van der Waals surface area contributed by atoms with Gasteiger partial charge in [0, 0.05) is 19.1 Å². The van der Waals surface area contributed by atoms with Gasteiger partial charge in [-0.1, -0.05) is 38.1 Å². The smallest absolute Gasteiger partial charge is 0.0237 e. The number of hydrogen-bond acceptors (Lipinski definition) is 2. The SMILES string of the molecule is CC(C)C(CNCc1ccccc1C1CC1)N(C)C. The molecule has 1 aliphatic carbocycles. The molecule has 1 aromatic rings. The van der Waals surface area contributed by atoms with Gasteiger partial charge < -0.3 is 10.2 Å². The highest BCUT2D eigenvalue weighted by Gasteiger charge is 2.25. The van der Waals surface area contributed by atoms with Gasteiger partial charge in [0.05, 0.1) is 0 Å². The van der Waals surface area contributed by atoms with E-state index in [0.717, 1.165) is 19.0 Å². The zero-order valence-electron chi connectivity index (χ0n) is 12.8. The Balaban J connectivity index is 1.88. The first kappa shape index (κ1) is 14.5. The lowest BCUT2D eigenvalue weighted by atomic mass is 10.0. The molecule has 1 unspecified atom stereocenters. The molecule has 1 fully saturated rings. The van der Waals surface area contributed by atoms with Crippen molar-refractivity contribution in [1.29, 1.82) is 0 Å². The summed E-state index contributed by atoms with van der Waals surface area (Å²) in [5, 5.41) is 3.65. The van der Waals surface area contributed by atoms with Crippen LogP contribution in [0.3, 0.4) is 0 Å². The van der Waals surface area contributed by atoms with E-state index in [-0.39, 0.29) is 0 Å². The molecule has 19 heavy (non-hydrogen) atoms. The second-order valence-corrected chi connectivity index (χ2v) is 6.38. The van der Waals surface area contributed by atoms with Crippen LogP contribution in [0.4, 0.5) is 0 Å². The molecule has 1 aromatic carbocycles. The van der Waals surface area contributed by atoms with Crippen LogP contribution in [-0.2, 0) is 6.54 Å². The number of benzene rings is 1. The van der Waals surface area contributed by atoms with E-state index in [1.165, 1.54) is 18.4 Å². The molecular weight excluding hydrogens is 232 g/mol. The summed E-state index contributed by atoms with van der Waals surface area (Å²) in [5.74, 6) is 1.52. The number of nitrogens with zero attached hydrogens (tertiary/aromatic N) is 1. The molecule has 0 aromatic heterocycles. The first-order valence-corrected chi connectivity index (χ1v) is 7.54. The van der Waals surface area contributed by atoms with Crippen molar-refractivity contribution in [1.82, 2.24) is 10.2 Å². The monoisotopic (exact) mass is 260 g/mol. The van der Waals surface area contributed by atoms with Crippen LogP contribution in [0.1, 0.15) is 43.7 Å². The Morgan fingerprint density at radius 1 is 1.21 bits per heavy atom. The van der Waals surface area contributed by atoms with Crippen molar-refractivity contribution in [3.8, 4) is 0 Å². The van der Waals surface area contributed by atoms with Gasteiger partial charge in [-0.15, -0.1) is 0 Å². The molecule has 2 heteroatoms. The fraction of sp³-hybridized carbons (Fsp3) is 0.647. The third-order valence-corrected chi connectivity index (χ3v) is 4.17. The van der Waals surface area contributed by atoms with Gasteiger partial charge in [0.15, 0.2) is 0 Å². The van der Waals surface area contributed by atoms with E-state index in [4.69, 9.17) is 0 Å². The summed E-state index contributed by atoms with van der Waals surface area (Å²) in [6.07, 6.45) is 2.76. The number of hydrogen-bond donors (Lipinski definition) is 1. The van der Waals surface area contributed by atoms with E-state index >= 15 is 0 Å². The van der Waals surface area contributed by atoms with Gasteiger partial charge in [0.1, 0.15) is 0 Å². The summed E-state index contributed by atoms with van der Waals surface area (Å²) in [4.78, 5) is 2.32. The lowest BCUT2D eigenvalue weighted by molar-refractivity contribution is 0.224. The summed E-state index contributed by atoms with van der Waals surface area (Å²) in [7, 11) is 4.34. The average Bonchev–Trinajstić information content (AvgIpc) is 3.18. The molecular formula is C17H28N2. The highest BCUT2D eigenvalue weighted by Crippen LogP contribution is 2.41. The fourth-order valence-corrected chi connectivity index (χ4v) is 2.86. The Labute approximate surface area is 118 Å². The van der Waals surface area contributed by atoms with Gasteiger partial charge in [-0.2, -0.15) is 0 Å². The van der Waals surface area contributed by atoms with Crippen LogP contribution in [0, 0.1) is 5.92 Å². The predicted molar refractivity (Wildman–Crippen MR) is 82.4 cm³/mol. The maximum Gasteiger partial charge on any atom is 0.0237 e. The Morgan fingerprint density at radius 2 is 1.89 bits per heavy atom. The Bertz CT molecular complexity index is 386. The highest BCUT2D eigenvalue weighted by molar-refractivity contribution is 5.33. The predicted octanol–water partition coefficient (Wildman–Crippen LogP) is 3.24. The maximum atomic E-state index is 3.65. The fourth-order valence-electron chi connectivity index (χ4n) is 2.86. The van der Waals surface area contributed by atoms with E-state index in [1.807, 2.05) is 0 Å². The van der Waals surface area contributed by atoms with Crippen LogP contribution in [-0.4, -0.2) is 31.6 Å². The first-order valence-electron chi connectivity index (χ1n) is 7.54. The van der Waals surface area contributed by atoms with Crippen LogP contribution in [0.15, 0.2) is 24.3 Å². The topological polar surface area (TPSA) is 15.3 Å². The molecule has 2 nitrogen and oxygen atoms in total. The van der Waals surface area contributed by atoms with Gasteiger partial charge in [0.2, 0.25) is 0 Å². The van der Waals surface area contributed by atoms with E-state index < -0.39 is 0 Å². The molecule has 1 aliphatic rings. The third-order valence-electron chi connectivity index (χ3n) is 4.17. The Hall–Kier alpha value is -0.860. The second-order valence-electron chi connectivity index (χ2n) is 6.38. The summed E-state index contributed by atoms with van der Waals surface area (Å²) in [6, 6.07) is 9.53. The van der Waals surface area contributed by atoms with Crippen molar-refractivity contribution in [2.24, 2.45) is 5.92 Å². The van der Waals surface area contributed by atoms with Crippen molar-refractivity contribution in [2.75, 3.05) is 20.6 Å². The minimum Gasteiger partial charge on any atom is -0.311 e. The van der Waals surface area contributed by atoms with Crippen molar-refractivity contribution in [3.05, 3.63) is 35.4 Å². The zero-order valence-corrected chi connectivity index (χ0v) is 12.8. The molecule has 0 spiro atoms. The minimum absolute atomic E-state index is 0.605. The van der Waals surface area contributed by atoms with Crippen molar-refractivity contribution in [2.45, 2.75) is 45.2 Å². The molecule has 1 atom stereocenters. The van der Waals surface area contributed by atoms with Crippen molar-refractivity contribution >= 4 is 0 Å². The molecule has 1 N–H and O–H groups in total. The van der Waals surface area contributed by atoms with Crippen molar-refractivity contribution in [3.63, 3.8) is 0 Å². The molecule has 0 aliphatic heterocycles. The molecule has 106 valence electrons. The summed E-state index contributed by atoms with van der Waals surface area (Å²) >= 11 is 0. The van der Waals surface area contributed by atoms with Crippen LogP contribution >= 0.6 is 0 Å². The molecule has 2 rings (SSSR count). The molecule has 0 radical (unpaired) electrons. The standard InChI is InChI=1S/C17H28N2/c1-13(2)17(19(3)4)12-18-11-15-7-5-6-8-16(15)14-9-10-14/h5-8,13-14,17-18H,9-12H2,1-4H3. The number of rotatable bonds is 7.